The first-order valence-corrected chi connectivity index (χ1v) is 11.2. The van der Waals surface area contributed by atoms with E-state index in [1.54, 1.807) is 30.6 Å². The highest BCUT2D eigenvalue weighted by atomic mass is 16.5. The maximum atomic E-state index is 12.3. The first kappa shape index (κ1) is 23.0. The number of carbonyl (C=O) groups excluding carboxylic acids is 3. The molecule has 34 heavy (non-hydrogen) atoms. The smallest absolute Gasteiger partial charge is 0.255 e. The molecule has 0 spiro atoms. The van der Waals surface area contributed by atoms with E-state index in [1.807, 2.05) is 36.4 Å². The number of nitrogens with zero attached hydrogens (tertiary/aromatic N) is 1. The second kappa shape index (κ2) is 11.1. The molecular formula is C26H26N4O4. The maximum Gasteiger partial charge on any atom is 0.255 e. The molecule has 2 heterocycles. The lowest BCUT2D eigenvalue weighted by atomic mass is 10.0. The van der Waals surface area contributed by atoms with Crippen LogP contribution in [0.3, 0.4) is 0 Å². The van der Waals surface area contributed by atoms with Gasteiger partial charge in [-0.3, -0.25) is 19.4 Å². The largest absolute Gasteiger partial charge is 0.494 e. The first-order valence-electron chi connectivity index (χ1n) is 11.2. The highest BCUT2D eigenvalue weighted by Gasteiger charge is 2.15. The Labute approximate surface area is 197 Å². The van der Waals surface area contributed by atoms with Crippen LogP contribution in [-0.2, 0) is 22.6 Å². The molecular weight excluding hydrogens is 432 g/mol. The van der Waals surface area contributed by atoms with Gasteiger partial charge in [0.1, 0.15) is 5.75 Å². The Morgan fingerprint density at radius 2 is 1.88 bits per heavy atom. The molecule has 0 saturated carbocycles. The average molecular weight is 459 g/mol. The van der Waals surface area contributed by atoms with Crippen LogP contribution in [0.1, 0.15) is 40.7 Å². The summed E-state index contributed by atoms with van der Waals surface area (Å²) in [6, 6.07) is 16.3. The molecule has 3 N–H and O–H groups in total. The van der Waals surface area contributed by atoms with E-state index < -0.39 is 0 Å². The van der Waals surface area contributed by atoms with E-state index >= 15 is 0 Å². The minimum Gasteiger partial charge on any atom is -0.494 e. The van der Waals surface area contributed by atoms with Crippen molar-refractivity contribution >= 4 is 29.1 Å². The molecule has 0 unspecified atom stereocenters. The van der Waals surface area contributed by atoms with Crippen LogP contribution in [0.2, 0.25) is 0 Å². The number of rotatable bonds is 9. The maximum absolute atomic E-state index is 12.3. The molecule has 1 aliphatic heterocycles. The van der Waals surface area contributed by atoms with E-state index in [2.05, 4.69) is 20.9 Å². The fraction of sp³-hybridized carbons (Fsp3) is 0.231. The Bertz CT molecular complexity index is 1180. The number of aromatic nitrogens is 1. The van der Waals surface area contributed by atoms with Gasteiger partial charge in [-0.2, -0.15) is 0 Å². The van der Waals surface area contributed by atoms with Crippen LogP contribution < -0.4 is 20.7 Å². The van der Waals surface area contributed by atoms with Gasteiger partial charge in [-0.15, -0.1) is 0 Å². The molecule has 174 valence electrons. The lowest BCUT2D eigenvalue weighted by molar-refractivity contribution is -0.121. The number of hydrogen-bond donors (Lipinski definition) is 3. The number of nitrogens with one attached hydrogen (secondary N) is 3. The van der Waals surface area contributed by atoms with Gasteiger partial charge in [0.2, 0.25) is 11.8 Å². The highest BCUT2D eigenvalue weighted by Crippen LogP contribution is 2.26. The number of benzene rings is 2. The molecule has 0 saturated heterocycles. The second-order valence-electron chi connectivity index (χ2n) is 7.99. The van der Waals surface area contributed by atoms with E-state index in [1.165, 1.54) is 0 Å². The minimum atomic E-state index is -0.215. The van der Waals surface area contributed by atoms with Crippen LogP contribution in [-0.4, -0.2) is 29.3 Å². The lowest BCUT2D eigenvalue weighted by Crippen LogP contribution is -2.23. The van der Waals surface area contributed by atoms with Crippen molar-refractivity contribution in [3.05, 3.63) is 83.7 Å². The zero-order valence-corrected chi connectivity index (χ0v) is 18.7. The Hall–Kier alpha value is -4.20. The van der Waals surface area contributed by atoms with Crippen LogP contribution in [0.4, 0.5) is 11.4 Å². The molecule has 0 fully saturated rings. The number of anilines is 2. The van der Waals surface area contributed by atoms with Crippen LogP contribution in [0.5, 0.6) is 5.75 Å². The summed E-state index contributed by atoms with van der Waals surface area (Å²) in [5, 5.41) is 8.59. The van der Waals surface area contributed by atoms with E-state index in [-0.39, 0.29) is 17.7 Å². The van der Waals surface area contributed by atoms with Crippen molar-refractivity contribution in [1.82, 2.24) is 10.3 Å². The van der Waals surface area contributed by atoms with Crippen LogP contribution in [0, 0.1) is 0 Å². The standard InChI is InChI=1S/C26H26N4O4/c31-24(5-2-14-34-22-7-8-23-20(16-22)6-9-25(32)30-23)28-17-18-3-1-4-21(15-18)29-26(33)19-10-12-27-13-11-19/h1,3-4,7-8,10-13,15-16H,2,5-6,9,14,17H2,(H,28,31)(H,29,33)(H,30,32). The summed E-state index contributed by atoms with van der Waals surface area (Å²) < 4.78 is 5.76. The molecule has 0 atom stereocenters. The van der Waals surface area contributed by atoms with Gasteiger partial charge in [-0.1, -0.05) is 12.1 Å². The van der Waals surface area contributed by atoms with Crippen LogP contribution in [0.25, 0.3) is 0 Å². The molecule has 8 heteroatoms. The number of fused-ring (bicyclic) bond motifs is 1. The van der Waals surface area contributed by atoms with Gasteiger partial charge >= 0.3 is 0 Å². The Morgan fingerprint density at radius 3 is 2.74 bits per heavy atom. The minimum absolute atomic E-state index is 0.0358. The topological polar surface area (TPSA) is 109 Å². The number of amides is 3. The summed E-state index contributed by atoms with van der Waals surface area (Å²) >= 11 is 0. The van der Waals surface area contributed by atoms with Gasteiger partial charge in [0.15, 0.2) is 0 Å². The van der Waals surface area contributed by atoms with Crippen molar-refractivity contribution in [2.75, 3.05) is 17.2 Å². The van der Waals surface area contributed by atoms with Gasteiger partial charge in [-0.05, 0) is 66.4 Å². The highest BCUT2D eigenvalue weighted by molar-refractivity contribution is 6.04. The van der Waals surface area contributed by atoms with Gasteiger partial charge in [0.25, 0.3) is 5.91 Å². The third-order valence-corrected chi connectivity index (χ3v) is 5.41. The molecule has 4 rings (SSSR count). The zero-order valence-electron chi connectivity index (χ0n) is 18.7. The van der Waals surface area contributed by atoms with E-state index in [9.17, 15) is 14.4 Å². The third-order valence-electron chi connectivity index (χ3n) is 5.41. The van der Waals surface area contributed by atoms with E-state index in [4.69, 9.17) is 4.74 Å². The lowest BCUT2D eigenvalue weighted by Gasteiger charge is -2.17. The monoisotopic (exact) mass is 458 g/mol. The summed E-state index contributed by atoms with van der Waals surface area (Å²) in [6.07, 6.45) is 5.26. The molecule has 8 nitrogen and oxygen atoms in total. The molecule has 3 aromatic rings. The molecule has 0 aliphatic carbocycles. The number of hydrogen-bond acceptors (Lipinski definition) is 5. The predicted octanol–water partition coefficient (Wildman–Crippen LogP) is 3.69. The van der Waals surface area contributed by atoms with Gasteiger partial charge in [0, 0.05) is 48.7 Å². The average Bonchev–Trinajstić information content (AvgIpc) is 2.86. The van der Waals surface area contributed by atoms with Crippen molar-refractivity contribution in [3.63, 3.8) is 0 Å². The fourth-order valence-electron chi connectivity index (χ4n) is 3.63. The quantitative estimate of drug-likeness (QED) is 0.424. The third kappa shape index (κ3) is 6.41. The Balaban J connectivity index is 1.18. The van der Waals surface area contributed by atoms with E-state index in [0.29, 0.717) is 50.1 Å². The van der Waals surface area contributed by atoms with Crippen molar-refractivity contribution in [1.29, 1.82) is 0 Å². The summed E-state index contributed by atoms with van der Waals surface area (Å²) in [5.41, 5.74) is 3.97. The first-order chi connectivity index (χ1) is 16.6. The Kier molecular flexibility index (Phi) is 7.49. The van der Waals surface area contributed by atoms with Gasteiger partial charge in [0.05, 0.1) is 6.61 Å². The number of pyridine rings is 1. The number of aryl methyl sites for hydroxylation is 1. The normalized spacial score (nSPS) is 12.3. The van der Waals surface area contributed by atoms with Crippen LogP contribution >= 0.6 is 0 Å². The molecule has 0 bridgehead atoms. The van der Waals surface area contributed by atoms with Crippen LogP contribution in [0.15, 0.2) is 67.0 Å². The van der Waals surface area contributed by atoms with E-state index in [0.717, 1.165) is 22.6 Å². The molecule has 3 amide bonds. The molecule has 1 aliphatic rings. The molecule has 0 radical (unpaired) electrons. The van der Waals surface area contributed by atoms with Crippen molar-refractivity contribution < 1.29 is 19.1 Å². The molecule has 1 aromatic heterocycles. The Morgan fingerprint density at radius 1 is 1.03 bits per heavy atom. The van der Waals surface area contributed by atoms with Crippen molar-refractivity contribution in [2.45, 2.75) is 32.2 Å². The van der Waals surface area contributed by atoms with Crippen molar-refractivity contribution in [3.8, 4) is 5.75 Å². The zero-order chi connectivity index (χ0) is 23.8. The summed E-state index contributed by atoms with van der Waals surface area (Å²) in [4.78, 5) is 39.9. The van der Waals surface area contributed by atoms with Crippen molar-refractivity contribution in [2.24, 2.45) is 0 Å². The summed E-state index contributed by atoms with van der Waals surface area (Å²) in [7, 11) is 0. The summed E-state index contributed by atoms with van der Waals surface area (Å²) in [5.74, 6) is 0.491. The summed E-state index contributed by atoms with van der Waals surface area (Å²) in [6.45, 7) is 0.796. The number of carbonyl (C=O) groups is 3. The van der Waals surface area contributed by atoms with Gasteiger partial charge < -0.3 is 20.7 Å². The number of ether oxygens (including phenoxy) is 1. The van der Waals surface area contributed by atoms with Gasteiger partial charge in [-0.25, -0.2) is 0 Å². The second-order valence-corrected chi connectivity index (χ2v) is 7.99. The molecule has 2 aromatic carbocycles. The SMILES string of the molecule is O=C(CCCOc1ccc2c(c1)CCC(=O)N2)NCc1cccc(NC(=O)c2ccncc2)c1. The predicted molar refractivity (Wildman–Crippen MR) is 129 cm³/mol. The fourth-order valence-corrected chi connectivity index (χ4v) is 3.63.